The molecule has 0 fully saturated rings. The van der Waals surface area contributed by atoms with E-state index in [-0.39, 0.29) is 17.4 Å². The molecule has 0 saturated heterocycles. The van der Waals surface area contributed by atoms with E-state index in [1.165, 1.54) is 22.9 Å². The number of anilines is 1. The maximum Gasteiger partial charge on any atom is 0.586 e. The Morgan fingerprint density at radius 2 is 1.85 bits per heavy atom. The van der Waals surface area contributed by atoms with Gasteiger partial charge in [0.25, 0.3) is 5.91 Å². The van der Waals surface area contributed by atoms with Crippen LogP contribution in [0.2, 0.25) is 0 Å². The average Bonchev–Trinajstić information content (AvgIpc) is 3.22. The zero-order valence-corrected chi connectivity index (χ0v) is 13.3. The SMILES string of the molecule is O=C(Nc1ccc2c(c1)OC(F)(F)O2)C(c1ccccc1)n1cccn1. The molecule has 1 amide bonds. The summed E-state index contributed by atoms with van der Waals surface area (Å²) < 4.78 is 36.5. The van der Waals surface area contributed by atoms with Crippen LogP contribution in [0.25, 0.3) is 0 Å². The summed E-state index contributed by atoms with van der Waals surface area (Å²) in [6.07, 6.45) is -0.448. The molecule has 1 N–H and O–H groups in total. The lowest BCUT2D eigenvalue weighted by molar-refractivity contribution is -0.286. The predicted octanol–water partition coefficient (Wildman–Crippen LogP) is 3.43. The molecule has 1 atom stereocenters. The number of ether oxygens (including phenoxy) is 2. The van der Waals surface area contributed by atoms with Gasteiger partial charge in [-0.3, -0.25) is 9.48 Å². The standard InChI is InChI=1S/C18H13F2N3O3/c19-18(20)25-14-8-7-13(11-15(14)26-18)22-17(24)16(23-10-4-9-21-23)12-5-2-1-3-6-12/h1-11,16H,(H,22,24). The fourth-order valence-electron chi connectivity index (χ4n) is 2.73. The van der Waals surface area contributed by atoms with Gasteiger partial charge in [-0.05, 0) is 23.8 Å². The van der Waals surface area contributed by atoms with E-state index in [4.69, 9.17) is 0 Å². The van der Waals surface area contributed by atoms with E-state index >= 15 is 0 Å². The molecule has 3 aromatic rings. The normalized spacial score (nSPS) is 15.5. The van der Waals surface area contributed by atoms with Gasteiger partial charge < -0.3 is 14.8 Å². The Labute approximate surface area is 147 Å². The molecule has 0 radical (unpaired) electrons. The molecule has 2 aromatic carbocycles. The number of hydrogen-bond acceptors (Lipinski definition) is 4. The van der Waals surface area contributed by atoms with Crippen molar-refractivity contribution in [2.45, 2.75) is 12.3 Å². The number of rotatable bonds is 4. The summed E-state index contributed by atoms with van der Waals surface area (Å²) >= 11 is 0. The van der Waals surface area contributed by atoms with Crippen molar-refractivity contribution >= 4 is 11.6 Å². The average molecular weight is 357 g/mol. The van der Waals surface area contributed by atoms with Crippen molar-refractivity contribution in [3.63, 3.8) is 0 Å². The number of carbonyl (C=O) groups excluding carboxylic acids is 1. The van der Waals surface area contributed by atoms with E-state index in [1.54, 1.807) is 18.5 Å². The Bertz CT molecular complexity index is 930. The molecule has 1 unspecified atom stereocenters. The van der Waals surface area contributed by atoms with Gasteiger partial charge in [0.05, 0.1) is 0 Å². The molecule has 8 heteroatoms. The van der Waals surface area contributed by atoms with Gasteiger partial charge in [-0.25, -0.2) is 0 Å². The van der Waals surface area contributed by atoms with Gasteiger partial charge >= 0.3 is 6.29 Å². The lowest BCUT2D eigenvalue weighted by atomic mass is 10.1. The quantitative estimate of drug-likeness (QED) is 0.777. The van der Waals surface area contributed by atoms with Crippen molar-refractivity contribution < 1.29 is 23.0 Å². The molecule has 1 aliphatic heterocycles. The van der Waals surface area contributed by atoms with E-state index < -0.39 is 12.3 Å². The Morgan fingerprint density at radius 1 is 1.08 bits per heavy atom. The van der Waals surface area contributed by atoms with Gasteiger partial charge in [-0.2, -0.15) is 5.10 Å². The second kappa shape index (κ2) is 6.14. The van der Waals surface area contributed by atoms with Crippen molar-refractivity contribution in [3.05, 3.63) is 72.6 Å². The topological polar surface area (TPSA) is 65.4 Å². The molecular formula is C18H13F2N3O3. The Balaban J connectivity index is 1.60. The van der Waals surface area contributed by atoms with Crippen LogP contribution in [0.4, 0.5) is 14.5 Å². The van der Waals surface area contributed by atoms with Crippen LogP contribution in [0, 0.1) is 0 Å². The maximum atomic E-state index is 13.1. The van der Waals surface area contributed by atoms with Gasteiger partial charge in [0.2, 0.25) is 0 Å². The van der Waals surface area contributed by atoms with Crippen LogP contribution in [0.5, 0.6) is 11.5 Å². The number of nitrogens with zero attached hydrogens (tertiary/aromatic N) is 2. The van der Waals surface area contributed by atoms with Gasteiger partial charge in [-0.15, -0.1) is 8.78 Å². The van der Waals surface area contributed by atoms with Gasteiger partial charge in [0.15, 0.2) is 17.5 Å². The first-order valence-corrected chi connectivity index (χ1v) is 7.77. The number of aromatic nitrogens is 2. The van der Waals surface area contributed by atoms with Crippen LogP contribution < -0.4 is 14.8 Å². The lowest BCUT2D eigenvalue weighted by Gasteiger charge is -2.18. The molecule has 132 valence electrons. The minimum absolute atomic E-state index is 0.0836. The highest BCUT2D eigenvalue weighted by Gasteiger charge is 2.43. The van der Waals surface area contributed by atoms with E-state index in [9.17, 15) is 13.6 Å². The van der Waals surface area contributed by atoms with Crippen LogP contribution >= 0.6 is 0 Å². The summed E-state index contributed by atoms with van der Waals surface area (Å²) in [5.74, 6) is -0.589. The third kappa shape index (κ3) is 3.08. The van der Waals surface area contributed by atoms with E-state index in [2.05, 4.69) is 19.9 Å². The molecule has 26 heavy (non-hydrogen) atoms. The van der Waals surface area contributed by atoms with Crippen molar-refractivity contribution in [2.24, 2.45) is 0 Å². The van der Waals surface area contributed by atoms with Crippen molar-refractivity contribution in [1.82, 2.24) is 9.78 Å². The number of nitrogens with one attached hydrogen (secondary N) is 1. The smallest absolute Gasteiger partial charge is 0.395 e. The third-order valence-corrected chi connectivity index (χ3v) is 3.82. The molecule has 0 bridgehead atoms. The molecule has 0 saturated carbocycles. The third-order valence-electron chi connectivity index (χ3n) is 3.82. The fraction of sp³-hybridized carbons (Fsp3) is 0.111. The van der Waals surface area contributed by atoms with Crippen molar-refractivity contribution in [3.8, 4) is 11.5 Å². The second-order valence-electron chi connectivity index (χ2n) is 5.62. The van der Waals surface area contributed by atoms with Crippen LogP contribution in [0.3, 0.4) is 0 Å². The molecule has 1 aliphatic rings. The lowest BCUT2D eigenvalue weighted by Crippen LogP contribution is -2.27. The Hall–Kier alpha value is -3.42. The molecular weight excluding hydrogens is 344 g/mol. The van der Waals surface area contributed by atoms with E-state index in [1.807, 2.05) is 30.3 Å². The van der Waals surface area contributed by atoms with E-state index in [0.29, 0.717) is 5.69 Å². The van der Waals surface area contributed by atoms with Gasteiger partial charge in [0, 0.05) is 24.1 Å². The van der Waals surface area contributed by atoms with Gasteiger partial charge in [0.1, 0.15) is 0 Å². The minimum atomic E-state index is -3.70. The summed E-state index contributed by atoms with van der Waals surface area (Å²) in [7, 11) is 0. The second-order valence-corrected chi connectivity index (χ2v) is 5.62. The number of fused-ring (bicyclic) bond motifs is 1. The number of alkyl halides is 2. The predicted molar refractivity (Wildman–Crippen MR) is 88.1 cm³/mol. The summed E-state index contributed by atoms with van der Waals surface area (Å²) in [5.41, 5.74) is 1.05. The summed E-state index contributed by atoms with van der Waals surface area (Å²) in [4.78, 5) is 12.8. The first-order chi connectivity index (χ1) is 12.5. The largest absolute Gasteiger partial charge is 0.586 e. The number of carbonyl (C=O) groups is 1. The molecule has 2 heterocycles. The Morgan fingerprint density at radius 3 is 2.58 bits per heavy atom. The zero-order valence-electron chi connectivity index (χ0n) is 13.3. The monoisotopic (exact) mass is 357 g/mol. The minimum Gasteiger partial charge on any atom is -0.395 e. The van der Waals surface area contributed by atoms with Gasteiger partial charge in [-0.1, -0.05) is 30.3 Å². The summed E-state index contributed by atoms with van der Waals surface area (Å²) in [6.45, 7) is 0. The van der Waals surface area contributed by atoms with Crippen molar-refractivity contribution in [2.75, 3.05) is 5.32 Å². The molecule has 0 spiro atoms. The molecule has 0 aliphatic carbocycles. The summed E-state index contributed by atoms with van der Waals surface area (Å²) in [6, 6.07) is 14.2. The number of halogens is 2. The number of benzene rings is 2. The molecule has 1 aromatic heterocycles. The Kier molecular flexibility index (Phi) is 3.80. The number of hydrogen-bond donors (Lipinski definition) is 1. The highest BCUT2D eigenvalue weighted by atomic mass is 19.3. The first kappa shape index (κ1) is 16.1. The fourth-order valence-corrected chi connectivity index (χ4v) is 2.73. The van der Waals surface area contributed by atoms with Crippen molar-refractivity contribution in [1.29, 1.82) is 0 Å². The van der Waals surface area contributed by atoms with E-state index in [0.717, 1.165) is 5.56 Å². The highest BCUT2D eigenvalue weighted by Crippen LogP contribution is 2.42. The van der Waals surface area contributed by atoms with Crippen LogP contribution in [0.15, 0.2) is 67.0 Å². The van der Waals surface area contributed by atoms with Crippen LogP contribution in [0.1, 0.15) is 11.6 Å². The zero-order chi connectivity index (χ0) is 18.1. The molecule has 4 rings (SSSR count). The molecule has 6 nitrogen and oxygen atoms in total. The van der Waals surface area contributed by atoms with Crippen LogP contribution in [-0.2, 0) is 4.79 Å². The highest BCUT2D eigenvalue weighted by molar-refractivity contribution is 5.96. The number of amides is 1. The maximum absolute atomic E-state index is 13.1. The summed E-state index contributed by atoms with van der Waals surface area (Å²) in [5, 5.41) is 6.85. The first-order valence-electron chi connectivity index (χ1n) is 7.77. The van der Waals surface area contributed by atoms with Crippen LogP contribution in [-0.4, -0.2) is 22.0 Å².